The lowest BCUT2D eigenvalue weighted by atomic mass is 10.0. The number of primary amides is 1. The first-order chi connectivity index (χ1) is 15.5. The summed E-state index contributed by atoms with van der Waals surface area (Å²) in [5.41, 5.74) is 9.88. The number of aromatic nitrogens is 2. The Labute approximate surface area is 185 Å². The Morgan fingerprint density at radius 1 is 0.938 bits per heavy atom. The minimum atomic E-state index is -0.644. The summed E-state index contributed by atoms with van der Waals surface area (Å²) in [7, 11) is 0. The van der Waals surface area contributed by atoms with Gasteiger partial charge in [0.15, 0.2) is 5.69 Å². The van der Waals surface area contributed by atoms with E-state index in [0.717, 1.165) is 35.6 Å². The molecular weight excluding hydrogens is 406 g/mol. The maximum atomic E-state index is 13.6. The number of nitrogens with zero attached hydrogens (tertiary/aromatic N) is 4. The average Bonchev–Trinajstić information content (AvgIpc) is 3.39. The molecule has 0 unspecified atom stereocenters. The first-order valence-electron chi connectivity index (χ1n) is 10.7. The predicted octanol–water partition coefficient (Wildman–Crippen LogP) is 2.61. The van der Waals surface area contributed by atoms with Gasteiger partial charge in [0.25, 0.3) is 11.8 Å². The van der Waals surface area contributed by atoms with Gasteiger partial charge in [-0.3, -0.25) is 14.4 Å². The molecular formula is C24H23N5O3. The van der Waals surface area contributed by atoms with Crippen molar-refractivity contribution in [3.63, 3.8) is 0 Å². The fourth-order valence-corrected chi connectivity index (χ4v) is 4.51. The molecule has 162 valence electrons. The van der Waals surface area contributed by atoms with Gasteiger partial charge in [-0.1, -0.05) is 18.2 Å². The van der Waals surface area contributed by atoms with Crippen molar-refractivity contribution in [3.8, 4) is 5.69 Å². The van der Waals surface area contributed by atoms with Crippen LogP contribution in [0.15, 0.2) is 48.5 Å². The number of benzene rings is 2. The molecule has 32 heavy (non-hydrogen) atoms. The number of hydrogen-bond acceptors (Lipinski definition) is 4. The van der Waals surface area contributed by atoms with Crippen molar-refractivity contribution in [2.45, 2.75) is 26.2 Å². The third-order valence-electron chi connectivity index (χ3n) is 6.14. The molecule has 0 radical (unpaired) electrons. The summed E-state index contributed by atoms with van der Waals surface area (Å²) in [6.45, 7) is 3.06. The lowest BCUT2D eigenvalue weighted by Gasteiger charge is -2.28. The highest BCUT2D eigenvalue weighted by molar-refractivity contribution is 6.09. The molecule has 8 heteroatoms. The zero-order valence-corrected chi connectivity index (χ0v) is 17.7. The van der Waals surface area contributed by atoms with E-state index in [1.54, 1.807) is 9.80 Å². The fraction of sp³-hybridized carbons (Fsp3) is 0.250. The Morgan fingerprint density at radius 3 is 2.25 bits per heavy atom. The zero-order valence-electron chi connectivity index (χ0n) is 17.7. The second kappa shape index (κ2) is 7.64. The van der Waals surface area contributed by atoms with Gasteiger partial charge in [-0.2, -0.15) is 5.10 Å². The van der Waals surface area contributed by atoms with E-state index in [1.165, 1.54) is 4.68 Å². The predicted molar refractivity (Wildman–Crippen MR) is 120 cm³/mol. The van der Waals surface area contributed by atoms with Crippen LogP contribution in [0.2, 0.25) is 0 Å². The molecule has 3 aromatic rings. The van der Waals surface area contributed by atoms with E-state index in [1.807, 2.05) is 55.5 Å². The average molecular weight is 429 g/mol. The van der Waals surface area contributed by atoms with Gasteiger partial charge in [0, 0.05) is 36.4 Å². The second-order valence-electron chi connectivity index (χ2n) is 8.11. The molecule has 0 bridgehead atoms. The Morgan fingerprint density at radius 2 is 1.62 bits per heavy atom. The van der Waals surface area contributed by atoms with Gasteiger partial charge >= 0.3 is 0 Å². The zero-order chi connectivity index (χ0) is 22.4. The van der Waals surface area contributed by atoms with Crippen LogP contribution in [0.25, 0.3) is 5.69 Å². The van der Waals surface area contributed by atoms with Crippen molar-refractivity contribution in [2.24, 2.45) is 5.73 Å². The highest BCUT2D eigenvalue weighted by Crippen LogP contribution is 2.31. The van der Waals surface area contributed by atoms with Gasteiger partial charge in [-0.15, -0.1) is 0 Å². The minimum Gasteiger partial charge on any atom is -0.364 e. The number of rotatable bonds is 4. The molecule has 5 rings (SSSR count). The van der Waals surface area contributed by atoms with Crippen LogP contribution in [0.4, 0.5) is 11.4 Å². The molecule has 0 saturated carbocycles. The number of fused-ring (bicyclic) bond motifs is 1. The number of anilines is 2. The van der Waals surface area contributed by atoms with Crippen molar-refractivity contribution in [3.05, 3.63) is 71.0 Å². The van der Waals surface area contributed by atoms with E-state index < -0.39 is 5.91 Å². The van der Waals surface area contributed by atoms with E-state index in [-0.39, 0.29) is 17.5 Å². The molecule has 2 aromatic carbocycles. The van der Waals surface area contributed by atoms with Crippen molar-refractivity contribution in [1.29, 1.82) is 0 Å². The normalized spacial score (nSPS) is 15.9. The van der Waals surface area contributed by atoms with Crippen LogP contribution in [-0.2, 0) is 11.2 Å². The molecule has 2 aliphatic rings. The molecule has 1 saturated heterocycles. The Hall–Kier alpha value is -3.94. The molecule has 0 spiro atoms. The molecule has 0 aliphatic carbocycles. The summed E-state index contributed by atoms with van der Waals surface area (Å²) >= 11 is 0. The van der Waals surface area contributed by atoms with Crippen LogP contribution < -0.4 is 15.5 Å². The first kappa shape index (κ1) is 20.0. The van der Waals surface area contributed by atoms with Crippen LogP contribution in [0.5, 0.6) is 0 Å². The van der Waals surface area contributed by atoms with Crippen LogP contribution in [0.3, 0.4) is 0 Å². The third kappa shape index (κ3) is 3.15. The van der Waals surface area contributed by atoms with Gasteiger partial charge in [0.05, 0.1) is 5.69 Å². The molecule has 1 fully saturated rings. The number of para-hydroxylation sites is 1. The quantitative estimate of drug-likeness (QED) is 0.689. The smallest absolute Gasteiger partial charge is 0.277 e. The summed E-state index contributed by atoms with van der Waals surface area (Å²) < 4.78 is 1.54. The third-order valence-corrected chi connectivity index (χ3v) is 6.14. The monoisotopic (exact) mass is 429 g/mol. The van der Waals surface area contributed by atoms with Crippen molar-refractivity contribution in [1.82, 2.24) is 9.78 Å². The molecule has 2 N–H and O–H groups in total. The Kier molecular flexibility index (Phi) is 4.77. The lowest BCUT2D eigenvalue weighted by Crippen LogP contribution is -2.39. The standard InChI is InChI=1S/C24H23N5O3/c1-15-5-2-3-6-19(15)29-22-18(21(26-29)23(25)31)12-14-28(24(22)32)17-10-8-16(9-11-17)27-13-4-7-20(27)30/h2-3,5-6,8-11H,4,7,12-14H2,1H3,(H2,25,31). The molecule has 2 aliphatic heterocycles. The number of amides is 3. The molecule has 3 heterocycles. The molecule has 3 amide bonds. The SMILES string of the molecule is Cc1ccccc1-n1nc(C(N)=O)c2c1C(=O)N(c1ccc(N3CCCC3=O)cc1)CC2. The maximum absolute atomic E-state index is 13.6. The van der Waals surface area contributed by atoms with Gasteiger partial charge in [0.1, 0.15) is 5.69 Å². The highest BCUT2D eigenvalue weighted by Gasteiger charge is 2.35. The molecule has 8 nitrogen and oxygen atoms in total. The number of carbonyl (C=O) groups is 3. The minimum absolute atomic E-state index is 0.123. The van der Waals surface area contributed by atoms with Gasteiger partial charge < -0.3 is 15.5 Å². The summed E-state index contributed by atoms with van der Waals surface area (Å²) in [4.78, 5) is 41.1. The van der Waals surface area contributed by atoms with Crippen LogP contribution in [0.1, 0.15) is 44.9 Å². The number of nitrogens with two attached hydrogens (primary N) is 1. The van der Waals surface area contributed by atoms with Gasteiger partial charge in [-0.25, -0.2) is 4.68 Å². The maximum Gasteiger partial charge on any atom is 0.277 e. The number of carbonyl (C=O) groups excluding carboxylic acids is 3. The van der Waals surface area contributed by atoms with E-state index in [9.17, 15) is 14.4 Å². The van der Waals surface area contributed by atoms with Crippen LogP contribution >= 0.6 is 0 Å². The Bertz CT molecular complexity index is 1250. The topological polar surface area (TPSA) is 102 Å². The van der Waals surface area contributed by atoms with Crippen molar-refractivity contribution in [2.75, 3.05) is 22.9 Å². The summed E-state index contributed by atoms with van der Waals surface area (Å²) in [5, 5.41) is 4.43. The first-order valence-corrected chi connectivity index (χ1v) is 10.7. The largest absolute Gasteiger partial charge is 0.364 e. The van der Waals surface area contributed by atoms with E-state index >= 15 is 0 Å². The summed E-state index contributed by atoms with van der Waals surface area (Å²) in [6.07, 6.45) is 1.90. The number of hydrogen-bond donors (Lipinski definition) is 1. The summed E-state index contributed by atoms with van der Waals surface area (Å²) in [5.74, 6) is -0.758. The highest BCUT2D eigenvalue weighted by atomic mass is 16.2. The second-order valence-corrected chi connectivity index (χ2v) is 8.11. The fourth-order valence-electron chi connectivity index (χ4n) is 4.51. The number of aryl methyl sites for hydroxylation is 1. The van der Waals surface area contributed by atoms with Crippen LogP contribution in [-0.4, -0.2) is 40.6 Å². The van der Waals surface area contributed by atoms with E-state index in [4.69, 9.17) is 5.73 Å². The lowest BCUT2D eigenvalue weighted by molar-refractivity contribution is -0.117. The molecule has 1 aromatic heterocycles. The Balaban J connectivity index is 1.54. The van der Waals surface area contributed by atoms with Gasteiger partial charge in [0.2, 0.25) is 5.91 Å². The van der Waals surface area contributed by atoms with Crippen molar-refractivity contribution < 1.29 is 14.4 Å². The summed E-state index contributed by atoms with van der Waals surface area (Å²) in [6, 6.07) is 15.0. The molecule has 0 atom stereocenters. The van der Waals surface area contributed by atoms with Crippen LogP contribution in [0, 0.1) is 6.92 Å². The van der Waals surface area contributed by atoms with Crippen molar-refractivity contribution >= 4 is 29.1 Å². The van der Waals surface area contributed by atoms with Gasteiger partial charge in [-0.05, 0) is 55.7 Å². The van der Waals surface area contributed by atoms with E-state index in [2.05, 4.69) is 5.10 Å². The van der Waals surface area contributed by atoms with E-state index in [0.29, 0.717) is 30.6 Å².